The molecule has 0 atom stereocenters. The third kappa shape index (κ3) is 3.74. The standard InChI is InChI=1S/C17H16N4O2/c1-23-14-9-7-12(8-10-14)11-15-16(22)19-17(21-20-15)18-13-5-3-2-4-6-13/h2-10H,11H2,1H3,(H2,18,19,21,22). The van der Waals surface area contributed by atoms with Crippen LogP contribution in [-0.2, 0) is 6.42 Å². The number of hydrogen-bond donors (Lipinski definition) is 2. The number of aromatic nitrogens is 3. The summed E-state index contributed by atoms with van der Waals surface area (Å²) in [7, 11) is 1.61. The average molecular weight is 308 g/mol. The van der Waals surface area contributed by atoms with E-state index in [4.69, 9.17) is 4.74 Å². The van der Waals surface area contributed by atoms with Crippen molar-refractivity contribution in [3.63, 3.8) is 0 Å². The molecular formula is C17H16N4O2. The second kappa shape index (κ2) is 6.74. The van der Waals surface area contributed by atoms with Crippen molar-refractivity contribution in [2.45, 2.75) is 6.42 Å². The molecule has 0 aliphatic heterocycles. The van der Waals surface area contributed by atoms with Crippen molar-refractivity contribution in [3.05, 3.63) is 76.2 Å². The lowest BCUT2D eigenvalue weighted by molar-refractivity contribution is 0.414. The van der Waals surface area contributed by atoms with Gasteiger partial charge in [-0.15, -0.1) is 10.2 Å². The molecule has 23 heavy (non-hydrogen) atoms. The van der Waals surface area contributed by atoms with Gasteiger partial charge in [0.1, 0.15) is 11.4 Å². The first-order chi connectivity index (χ1) is 11.2. The lowest BCUT2D eigenvalue weighted by atomic mass is 10.1. The van der Waals surface area contributed by atoms with Crippen LogP contribution in [0.2, 0.25) is 0 Å². The maximum Gasteiger partial charge on any atom is 0.274 e. The van der Waals surface area contributed by atoms with Crippen LogP contribution in [0.4, 0.5) is 11.6 Å². The van der Waals surface area contributed by atoms with Gasteiger partial charge in [-0.3, -0.25) is 9.78 Å². The van der Waals surface area contributed by atoms with Gasteiger partial charge in [-0.1, -0.05) is 30.3 Å². The highest BCUT2D eigenvalue weighted by Crippen LogP contribution is 2.13. The summed E-state index contributed by atoms with van der Waals surface area (Å²) in [6.45, 7) is 0. The molecule has 2 N–H and O–H groups in total. The van der Waals surface area contributed by atoms with Crippen molar-refractivity contribution in [2.24, 2.45) is 0 Å². The van der Waals surface area contributed by atoms with E-state index in [2.05, 4.69) is 20.5 Å². The Labute approximate surface area is 133 Å². The molecule has 0 spiro atoms. The van der Waals surface area contributed by atoms with Crippen molar-refractivity contribution >= 4 is 11.6 Å². The Kier molecular flexibility index (Phi) is 4.33. The van der Waals surface area contributed by atoms with E-state index >= 15 is 0 Å². The highest BCUT2D eigenvalue weighted by atomic mass is 16.5. The number of methoxy groups -OCH3 is 1. The molecule has 2 aromatic carbocycles. The minimum absolute atomic E-state index is 0.255. The molecule has 0 aliphatic carbocycles. The zero-order valence-corrected chi connectivity index (χ0v) is 12.6. The highest BCUT2D eigenvalue weighted by molar-refractivity contribution is 5.51. The average Bonchev–Trinajstić information content (AvgIpc) is 2.59. The van der Waals surface area contributed by atoms with Crippen LogP contribution in [0.15, 0.2) is 59.4 Å². The molecule has 1 heterocycles. The molecule has 3 rings (SSSR count). The van der Waals surface area contributed by atoms with Gasteiger partial charge >= 0.3 is 0 Å². The molecule has 0 fully saturated rings. The topological polar surface area (TPSA) is 79.9 Å². The van der Waals surface area contributed by atoms with Crippen molar-refractivity contribution in [2.75, 3.05) is 12.4 Å². The van der Waals surface area contributed by atoms with Gasteiger partial charge in [-0.05, 0) is 29.8 Å². The Morgan fingerprint density at radius 2 is 1.78 bits per heavy atom. The number of nitrogens with one attached hydrogen (secondary N) is 2. The van der Waals surface area contributed by atoms with E-state index < -0.39 is 0 Å². The largest absolute Gasteiger partial charge is 0.497 e. The van der Waals surface area contributed by atoms with Crippen molar-refractivity contribution in [3.8, 4) is 5.75 Å². The minimum Gasteiger partial charge on any atom is -0.497 e. The third-order valence-corrected chi connectivity index (χ3v) is 3.33. The zero-order valence-electron chi connectivity index (χ0n) is 12.6. The van der Waals surface area contributed by atoms with Gasteiger partial charge in [0.25, 0.3) is 5.56 Å². The van der Waals surface area contributed by atoms with E-state index in [-0.39, 0.29) is 5.56 Å². The second-order valence-corrected chi connectivity index (χ2v) is 4.97. The number of H-pyrrole nitrogens is 1. The highest BCUT2D eigenvalue weighted by Gasteiger charge is 2.06. The molecule has 0 unspecified atom stereocenters. The quantitative estimate of drug-likeness (QED) is 0.757. The molecule has 1 aromatic heterocycles. The molecule has 3 aromatic rings. The smallest absolute Gasteiger partial charge is 0.274 e. The van der Waals surface area contributed by atoms with Gasteiger partial charge in [0.15, 0.2) is 0 Å². The van der Waals surface area contributed by atoms with Crippen LogP contribution in [0, 0.1) is 0 Å². The Morgan fingerprint density at radius 3 is 2.43 bits per heavy atom. The fourth-order valence-electron chi connectivity index (χ4n) is 2.13. The van der Waals surface area contributed by atoms with E-state index in [1.807, 2.05) is 54.6 Å². The van der Waals surface area contributed by atoms with Gasteiger partial charge in [0.2, 0.25) is 5.95 Å². The van der Waals surface area contributed by atoms with Crippen LogP contribution in [0.1, 0.15) is 11.3 Å². The van der Waals surface area contributed by atoms with Crippen LogP contribution in [0.25, 0.3) is 0 Å². The van der Waals surface area contributed by atoms with E-state index in [0.29, 0.717) is 18.1 Å². The summed E-state index contributed by atoms with van der Waals surface area (Å²) in [5.41, 5.74) is 1.91. The van der Waals surface area contributed by atoms with E-state index in [9.17, 15) is 4.79 Å². The van der Waals surface area contributed by atoms with Crippen LogP contribution in [0.5, 0.6) is 5.75 Å². The van der Waals surface area contributed by atoms with E-state index in [1.165, 1.54) is 0 Å². The summed E-state index contributed by atoms with van der Waals surface area (Å²) in [5, 5.41) is 11.1. The summed E-state index contributed by atoms with van der Waals surface area (Å²) < 4.78 is 5.11. The Hall–Kier alpha value is -3.15. The maximum atomic E-state index is 12.1. The number of anilines is 2. The molecule has 116 valence electrons. The Balaban J connectivity index is 1.75. The van der Waals surface area contributed by atoms with E-state index in [1.54, 1.807) is 7.11 Å². The summed E-state index contributed by atoms with van der Waals surface area (Å²) >= 11 is 0. The fraction of sp³-hybridized carbons (Fsp3) is 0.118. The zero-order chi connectivity index (χ0) is 16.1. The summed E-state index contributed by atoms with van der Waals surface area (Å²) in [5.74, 6) is 1.09. The molecule has 0 amide bonds. The molecule has 0 saturated carbocycles. The van der Waals surface area contributed by atoms with Crippen LogP contribution >= 0.6 is 0 Å². The summed E-state index contributed by atoms with van der Waals surface area (Å²) in [4.78, 5) is 14.8. The molecule has 6 nitrogen and oxygen atoms in total. The number of rotatable bonds is 5. The summed E-state index contributed by atoms with van der Waals surface area (Å²) in [6, 6.07) is 17.0. The molecule has 0 saturated heterocycles. The fourth-order valence-corrected chi connectivity index (χ4v) is 2.13. The Morgan fingerprint density at radius 1 is 1.04 bits per heavy atom. The van der Waals surface area contributed by atoms with Gasteiger partial charge < -0.3 is 10.1 Å². The van der Waals surface area contributed by atoms with Crippen LogP contribution < -0.4 is 15.6 Å². The first kappa shape index (κ1) is 14.8. The first-order valence-corrected chi connectivity index (χ1v) is 7.15. The van der Waals surface area contributed by atoms with Gasteiger partial charge in [0, 0.05) is 12.1 Å². The molecule has 6 heteroatoms. The molecular weight excluding hydrogens is 292 g/mol. The van der Waals surface area contributed by atoms with Crippen LogP contribution in [-0.4, -0.2) is 22.3 Å². The van der Waals surface area contributed by atoms with Gasteiger partial charge in [0.05, 0.1) is 7.11 Å². The second-order valence-electron chi connectivity index (χ2n) is 4.97. The monoisotopic (exact) mass is 308 g/mol. The number of ether oxygens (including phenoxy) is 1. The Bertz CT molecular complexity index is 829. The normalized spacial score (nSPS) is 10.3. The molecule has 0 aliphatic rings. The van der Waals surface area contributed by atoms with Crippen molar-refractivity contribution in [1.82, 2.24) is 15.2 Å². The lowest BCUT2D eigenvalue weighted by Gasteiger charge is -2.05. The predicted molar refractivity (Wildman–Crippen MR) is 88.2 cm³/mol. The summed E-state index contributed by atoms with van der Waals surface area (Å²) in [6.07, 6.45) is 0.415. The SMILES string of the molecule is COc1ccc(Cc2nnc(Nc3ccccc3)[nH]c2=O)cc1. The predicted octanol–water partition coefficient (Wildman–Crippen LogP) is 2.51. The minimum atomic E-state index is -0.255. The number of benzene rings is 2. The molecule has 0 bridgehead atoms. The van der Waals surface area contributed by atoms with Crippen molar-refractivity contribution < 1.29 is 4.74 Å². The number of para-hydroxylation sites is 1. The number of hydrogen-bond acceptors (Lipinski definition) is 5. The first-order valence-electron chi connectivity index (χ1n) is 7.15. The van der Waals surface area contributed by atoms with Gasteiger partial charge in [-0.2, -0.15) is 0 Å². The van der Waals surface area contributed by atoms with Gasteiger partial charge in [-0.25, -0.2) is 0 Å². The maximum absolute atomic E-state index is 12.1. The van der Waals surface area contributed by atoms with E-state index in [0.717, 1.165) is 17.0 Å². The number of nitrogens with zero attached hydrogens (tertiary/aromatic N) is 2. The van der Waals surface area contributed by atoms with Crippen molar-refractivity contribution in [1.29, 1.82) is 0 Å². The van der Waals surface area contributed by atoms with Crippen LogP contribution in [0.3, 0.4) is 0 Å². The molecule has 0 radical (unpaired) electrons. The lowest BCUT2D eigenvalue weighted by Crippen LogP contribution is -2.18. The number of aromatic amines is 1. The third-order valence-electron chi connectivity index (χ3n) is 3.33.